The van der Waals surface area contributed by atoms with Gasteiger partial charge in [-0.15, -0.1) is 0 Å². The topological polar surface area (TPSA) is 210 Å². The van der Waals surface area contributed by atoms with E-state index in [4.69, 9.17) is 30.4 Å². The standard InChI is InChI=1S/C11H16N2O3.C11H18N2O.C7H6FNO2.C4H11NO.C2H6.CH2O3.2Cs.H/c1-9-8-10(13(14)15)4-5-11(9)16-7-6-12(2)3;1-9-8-10(12)4-5-11(9)14-7-6-13(2)3;1-5-4-6(9(10)11)2-3-7(5)8;1-5(2)3-4-6;1-2;2-1-4-3;;;/h4-5,8H,6-7H2,1-3H3;4-5,8H,6-7,12H2,1-3H3;2-4H,1H3;6H,3-4H2,1-2H3;1-2H3;1,3H;;;/q;;;;;;2*+1;-1/p-1. The van der Waals surface area contributed by atoms with Gasteiger partial charge in [0, 0.05) is 49.6 Å². The first kappa shape index (κ1) is 63.3. The molecule has 0 heterocycles. The molecule has 0 aliphatic rings. The number of nitro benzene ring substituents is 2. The van der Waals surface area contributed by atoms with Crippen molar-refractivity contribution >= 4 is 23.5 Å². The summed E-state index contributed by atoms with van der Waals surface area (Å²) in [5.74, 6) is 1.20. The summed E-state index contributed by atoms with van der Waals surface area (Å²) in [6.07, 6.45) is 0. The van der Waals surface area contributed by atoms with Gasteiger partial charge in [-0.1, -0.05) is 13.8 Å². The van der Waals surface area contributed by atoms with Gasteiger partial charge in [0.15, 0.2) is 0 Å². The average Bonchev–Trinajstić information content (AvgIpc) is 3.09. The van der Waals surface area contributed by atoms with Crippen molar-refractivity contribution < 1.29 is 183 Å². The number of benzene rings is 3. The van der Waals surface area contributed by atoms with Gasteiger partial charge in [0.2, 0.25) is 0 Å². The van der Waals surface area contributed by atoms with Crippen molar-refractivity contribution in [2.45, 2.75) is 34.6 Å². The number of aliphatic hydroxyl groups excluding tert-OH is 1. The monoisotopic (exact) mass is 1020 g/mol. The molecule has 19 heteroatoms. The van der Waals surface area contributed by atoms with Gasteiger partial charge < -0.3 is 46.6 Å². The Labute approximate surface area is 444 Å². The summed E-state index contributed by atoms with van der Waals surface area (Å²) >= 11 is 0. The van der Waals surface area contributed by atoms with E-state index >= 15 is 0 Å². The van der Waals surface area contributed by atoms with Crippen molar-refractivity contribution in [3.63, 3.8) is 0 Å². The van der Waals surface area contributed by atoms with Crippen LogP contribution in [-0.2, 0) is 9.68 Å². The maximum Gasteiger partial charge on any atom is 1.00 e. The van der Waals surface area contributed by atoms with E-state index in [9.17, 15) is 24.6 Å². The predicted octanol–water partition coefficient (Wildman–Crippen LogP) is -1.47. The van der Waals surface area contributed by atoms with Crippen LogP contribution in [0.15, 0.2) is 54.6 Å². The zero-order valence-electron chi connectivity index (χ0n) is 35.8. The van der Waals surface area contributed by atoms with Crippen LogP contribution < -0.4 is 158 Å². The Bertz CT molecular complexity index is 1470. The van der Waals surface area contributed by atoms with Gasteiger partial charge in [-0.3, -0.25) is 25.0 Å². The number of anilines is 1. The van der Waals surface area contributed by atoms with E-state index in [0.29, 0.717) is 24.5 Å². The molecular weight excluding hydrogens is 961 g/mol. The molecule has 302 valence electrons. The van der Waals surface area contributed by atoms with Gasteiger partial charge in [-0.2, -0.15) is 0 Å². The number of non-ortho nitro benzene ring substituents is 2. The summed E-state index contributed by atoms with van der Waals surface area (Å²) in [6.45, 7) is 13.2. The Morgan fingerprint density at radius 3 is 1.38 bits per heavy atom. The minimum Gasteiger partial charge on any atom is -1.00 e. The van der Waals surface area contributed by atoms with Crippen LogP contribution in [0, 0.1) is 46.8 Å². The Morgan fingerprint density at radius 1 is 0.727 bits per heavy atom. The zero-order valence-corrected chi connectivity index (χ0v) is 47.4. The summed E-state index contributed by atoms with van der Waals surface area (Å²) in [7, 11) is 11.8. The van der Waals surface area contributed by atoms with Gasteiger partial charge in [0.25, 0.3) is 17.8 Å². The van der Waals surface area contributed by atoms with Crippen LogP contribution in [0.25, 0.3) is 0 Å². The molecule has 3 rings (SSSR count). The summed E-state index contributed by atoms with van der Waals surface area (Å²) in [5.41, 5.74) is 8.60. The van der Waals surface area contributed by atoms with Crippen LogP contribution in [0.3, 0.4) is 0 Å². The third-order valence-corrected chi connectivity index (χ3v) is 6.10. The molecule has 0 spiro atoms. The molecule has 0 saturated heterocycles. The number of nitro groups is 2. The number of carbonyl (C=O) groups excluding carboxylic acids is 1. The maximum atomic E-state index is 12.5. The van der Waals surface area contributed by atoms with Gasteiger partial charge in [-0.25, -0.2) is 4.39 Å². The number of carbonyl (C=O) groups is 1. The zero-order chi connectivity index (χ0) is 41.5. The molecule has 3 aromatic rings. The van der Waals surface area contributed by atoms with Crippen LogP contribution in [0.5, 0.6) is 11.5 Å². The van der Waals surface area contributed by atoms with Crippen molar-refractivity contribution in [3.8, 4) is 11.5 Å². The molecule has 0 aliphatic heterocycles. The van der Waals surface area contributed by atoms with E-state index in [1.54, 1.807) is 13.0 Å². The molecule has 0 atom stereocenters. The van der Waals surface area contributed by atoms with Crippen LogP contribution >= 0.6 is 0 Å². The first-order chi connectivity index (χ1) is 24.9. The molecule has 0 saturated carbocycles. The minimum absolute atomic E-state index is 0. The number of aliphatic hydroxyl groups is 1. The molecule has 55 heavy (non-hydrogen) atoms. The quantitative estimate of drug-likeness (QED) is 0.0659. The molecule has 0 aliphatic carbocycles. The number of likely N-dealkylation sites (N-methyl/N-ethyl adjacent to an activating group) is 3. The Balaban J connectivity index is -0.000000144. The summed E-state index contributed by atoms with van der Waals surface area (Å²) in [4.78, 5) is 37.0. The second-order valence-corrected chi connectivity index (χ2v) is 11.4. The molecular formula is C36H59Cs2FN6O10. The smallest absolute Gasteiger partial charge is 1.00 e. The van der Waals surface area contributed by atoms with Gasteiger partial charge in [0.1, 0.15) is 30.5 Å². The van der Waals surface area contributed by atoms with Crippen LogP contribution in [0.1, 0.15) is 32.0 Å². The normalized spacial score (nSPS) is 9.25. The second kappa shape index (κ2) is 40.0. The number of nitrogen functional groups attached to an aromatic ring is 1. The van der Waals surface area contributed by atoms with Crippen LogP contribution in [0.4, 0.5) is 21.5 Å². The Morgan fingerprint density at radius 2 is 1.09 bits per heavy atom. The molecule has 0 bridgehead atoms. The van der Waals surface area contributed by atoms with E-state index in [0.717, 1.165) is 54.3 Å². The SMILES string of the molecule is CC.CN(C)CCO.Cc1cc(N)ccc1OCCN(C)C.Cc1cc([N+](=O)[O-])ccc1F.Cc1cc([N+](=O)[O-])ccc1OCCN(C)C.O=CO[O-].[Cs+].[Cs+].[H-]. The number of nitrogens with two attached hydrogens (primary N) is 1. The van der Waals surface area contributed by atoms with E-state index < -0.39 is 15.7 Å². The van der Waals surface area contributed by atoms with Crippen molar-refractivity contribution in [1.82, 2.24) is 14.7 Å². The van der Waals surface area contributed by atoms with Gasteiger partial charge >= 0.3 is 138 Å². The largest absolute Gasteiger partial charge is 1.00 e. The second-order valence-electron chi connectivity index (χ2n) is 11.4. The van der Waals surface area contributed by atoms with Gasteiger partial charge in [0.05, 0.1) is 16.5 Å². The molecule has 0 unspecified atom stereocenters. The number of nitrogens with zero attached hydrogens (tertiary/aromatic N) is 5. The summed E-state index contributed by atoms with van der Waals surface area (Å²) < 4.78 is 23.7. The number of halogens is 1. The molecule has 0 radical (unpaired) electrons. The van der Waals surface area contributed by atoms with E-state index in [1.165, 1.54) is 25.1 Å². The van der Waals surface area contributed by atoms with Crippen molar-refractivity contribution in [2.75, 3.05) is 87.5 Å². The predicted molar refractivity (Wildman–Crippen MR) is 205 cm³/mol. The fourth-order valence-electron chi connectivity index (χ4n) is 3.36. The van der Waals surface area contributed by atoms with Gasteiger partial charge in [-0.05, 0) is 110 Å². The first-order valence-corrected chi connectivity index (χ1v) is 16.4. The number of hydrogen-bond donors (Lipinski definition) is 2. The van der Waals surface area contributed by atoms with E-state index in [2.05, 4.69) is 9.79 Å². The number of hydrogen-bond acceptors (Lipinski definition) is 14. The molecule has 0 fully saturated rings. The Hall–Kier alpha value is -0.836. The van der Waals surface area contributed by atoms with Crippen molar-refractivity contribution in [3.05, 3.63) is 97.3 Å². The molecule has 0 aromatic heterocycles. The van der Waals surface area contributed by atoms with Crippen LogP contribution in [0.2, 0.25) is 0 Å². The van der Waals surface area contributed by atoms with Crippen LogP contribution in [-0.4, -0.2) is 118 Å². The molecule has 3 N–H and O–H groups in total. The third-order valence-electron chi connectivity index (χ3n) is 6.10. The van der Waals surface area contributed by atoms with Crippen molar-refractivity contribution in [2.24, 2.45) is 0 Å². The van der Waals surface area contributed by atoms with Crippen molar-refractivity contribution in [1.29, 1.82) is 0 Å². The van der Waals surface area contributed by atoms with E-state index in [1.807, 2.05) is 91.1 Å². The summed E-state index contributed by atoms with van der Waals surface area (Å²) in [5, 5.41) is 37.3. The Kier molecular flexibility index (Phi) is 46.0. The fraction of sp³-hybridized carbons (Fsp3) is 0.472. The molecule has 16 nitrogen and oxygen atoms in total. The molecule has 0 amide bonds. The fourth-order valence-corrected chi connectivity index (χ4v) is 3.36. The third kappa shape index (κ3) is 36.0. The minimum atomic E-state index is -0.549. The summed E-state index contributed by atoms with van der Waals surface area (Å²) in [6, 6.07) is 13.8. The molecule has 3 aromatic carbocycles. The van der Waals surface area contributed by atoms with E-state index in [-0.39, 0.29) is 164 Å². The number of aryl methyl sites for hydroxylation is 3. The first-order valence-electron chi connectivity index (χ1n) is 16.4. The number of ether oxygens (including phenoxy) is 2. The number of rotatable bonds is 13. The average molecular weight is 1020 g/mol. The maximum absolute atomic E-state index is 12.5.